The zero-order chi connectivity index (χ0) is 33.6. The summed E-state index contributed by atoms with van der Waals surface area (Å²) in [7, 11) is 0. The number of fused-ring (bicyclic) bond motifs is 1. The average Bonchev–Trinajstić information content (AvgIpc) is 3.47. The number of nitrogens with zero attached hydrogens (tertiary/aromatic N) is 3. The maximum absolute atomic E-state index is 11.1. The van der Waals surface area contributed by atoms with Gasteiger partial charge in [-0.3, -0.25) is 9.55 Å². The number of pyridine rings is 1. The normalized spacial score (nSPS) is 11.8. The van der Waals surface area contributed by atoms with Crippen molar-refractivity contribution in [2.45, 2.75) is 52.4 Å². The van der Waals surface area contributed by atoms with Crippen molar-refractivity contribution < 1.29 is 26.2 Å². The molecule has 0 unspecified atom stereocenters. The second-order valence-electron chi connectivity index (χ2n) is 14.5. The molecule has 0 aliphatic carbocycles. The Morgan fingerprint density at radius 1 is 0.612 bits per heavy atom. The number of phenols is 1. The summed E-state index contributed by atoms with van der Waals surface area (Å²) < 4.78 is 2.17. The standard InChI is InChI=1S/C44H40N3O.Pt/c1-43(2,3)33-21-22-45-38(27-33)32-24-30(29-15-9-7-10-16-29)23-31(25-32)37-26-34(44(4,5)6)28-39-41(37)46-42(36-19-13-14-20-40(36)48)47(39)35-17-11-8-12-18-35;/h7-24,26-28,48H,1-6H3;/q-1;. The van der Waals surface area contributed by atoms with Gasteiger partial charge < -0.3 is 5.11 Å². The van der Waals surface area contributed by atoms with Crippen LogP contribution in [0.5, 0.6) is 5.75 Å². The van der Waals surface area contributed by atoms with Crippen LogP contribution in [-0.4, -0.2) is 19.6 Å². The summed E-state index contributed by atoms with van der Waals surface area (Å²) in [6, 6.07) is 45.1. The Morgan fingerprint density at radius 2 is 1.24 bits per heavy atom. The van der Waals surface area contributed by atoms with Crippen molar-refractivity contribution in [1.29, 1.82) is 0 Å². The third kappa shape index (κ3) is 6.76. The van der Waals surface area contributed by atoms with Gasteiger partial charge in [-0.2, -0.15) is 0 Å². The van der Waals surface area contributed by atoms with Gasteiger partial charge in [-0.25, -0.2) is 4.98 Å². The minimum Gasteiger partial charge on any atom is -0.507 e. The summed E-state index contributed by atoms with van der Waals surface area (Å²) in [6.45, 7) is 13.4. The molecule has 7 aromatic rings. The van der Waals surface area contributed by atoms with Crippen LogP contribution in [0.3, 0.4) is 0 Å². The predicted octanol–water partition coefficient (Wildman–Crippen LogP) is 11.2. The van der Waals surface area contributed by atoms with Crippen molar-refractivity contribution in [3.8, 4) is 56.3 Å². The van der Waals surface area contributed by atoms with E-state index in [0.717, 1.165) is 50.2 Å². The van der Waals surface area contributed by atoms with E-state index in [1.807, 2.05) is 48.7 Å². The molecule has 0 fully saturated rings. The Kier molecular flexibility index (Phi) is 9.22. The van der Waals surface area contributed by atoms with Crippen LogP contribution in [0, 0.1) is 6.07 Å². The summed E-state index contributed by atoms with van der Waals surface area (Å²) in [4.78, 5) is 10.2. The van der Waals surface area contributed by atoms with E-state index >= 15 is 0 Å². The van der Waals surface area contributed by atoms with Crippen molar-refractivity contribution in [3.63, 3.8) is 0 Å². The van der Waals surface area contributed by atoms with Crippen LogP contribution in [0.15, 0.2) is 128 Å². The molecule has 7 rings (SSSR count). The van der Waals surface area contributed by atoms with Crippen LogP contribution in [0.4, 0.5) is 0 Å². The molecule has 0 amide bonds. The van der Waals surface area contributed by atoms with E-state index in [2.05, 4.69) is 125 Å². The Morgan fingerprint density at radius 3 is 1.92 bits per heavy atom. The number of rotatable bonds is 5. The summed E-state index contributed by atoms with van der Waals surface area (Å²) in [6.07, 6.45) is 1.90. The van der Waals surface area contributed by atoms with Gasteiger partial charge in [0.1, 0.15) is 11.6 Å². The molecule has 0 aliphatic heterocycles. The molecule has 0 saturated carbocycles. The van der Waals surface area contributed by atoms with Gasteiger partial charge in [-0.15, -0.1) is 23.8 Å². The average molecular weight is 822 g/mol. The van der Waals surface area contributed by atoms with Crippen molar-refractivity contribution in [1.82, 2.24) is 14.5 Å². The van der Waals surface area contributed by atoms with E-state index in [4.69, 9.17) is 9.97 Å². The largest absolute Gasteiger partial charge is 0.507 e. The van der Waals surface area contributed by atoms with E-state index in [-0.39, 0.29) is 37.6 Å². The van der Waals surface area contributed by atoms with Gasteiger partial charge in [-0.1, -0.05) is 131 Å². The molecule has 49 heavy (non-hydrogen) atoms. The van der Waals surface area contributed by atoms with Gasteiger partial charge in [0.25, 0.3) is 0 Å². The van der Waals surface area contributed by atoms with Crippen molar-refractivity contribution >= 4 is 11.0 Å². The number of benzene rings is 5. The molecule has 2 heterocycles. The topological polar surface area (TPSA) is 50.9 Å². The number of aromatic nitrogens is 3. The van der Waals surface area contributed by atoms with Crippen molar-refractivity contribution in [3.05, 3.63) is 145 Å². The second kappa shape index (κ2) is 13.3. The van der Waals surface area contributed by atoms with E-state index < -0.39 is 0 Å². The smallest absolute Gasteiger partial charge is 0.148 e. The van der Waals surface area contributed by atoms with Gasteiger partial charge in [0, 0.05) is 38.6 Å². The molecule has 1 N–H and O–H groups in total. The predicted molar refractivity (Wildman–Crippen MR) is 199 cm³/mol. The number of imidazole rings is 1. The van der Waals surface area contributed by atoms with E-state index in [0.29, 0.717) is 11.4 Å². The maximum atomic E-state index is 11.1. The molecule has 4 nitrogen and oxygen atoms in total. The first kappa shape index (κ1) is 34.1. The molecule has 5 aromatic carbocycles. The quantitative estimate of drug-likeness (QED) is 0.176. The summed E-state index contributed by atoms with van der Waals surface area (Å²) >= 11 is 0. The molecule has 0 saturated heterocycles. The Labute approximate surface area is 303 Å². The molecule has 0 bridgehead atoms. The van der Waals surface area contributed by atoms with Gasteiger partial charge in [0.05, 0.1) is 16.6 Å². The van der Waals surface area contributed by atoms with Crippen LogP contribution in [-0.2, 0) is 31.9 Å². The molecule has 0 atom stereocenters. The van der Waals surface area contributed by atoms with Crippen LogP contribution >= 0.6 is 0 Å². The molecule has 0 spiro atoms. The molecule has 2 aromatic heterocycles. The summed E-state index contributed by atoms with van der Waals surface area (Å²) in [5.74, 6) is 0.868. The first-order valence-corrected chi connectivity index (χ1v) is 16.5. The minimum absolute atomic E-state index is 0. The molecule has 0 aliphatic rings. The van der Waals surface area contributed by atoms with Gasteiger partial charge >= 0.3 is 0 Å². The summed E-state index contributed by atoms with van der Waals surface area (Å²) in [5.41, 5.74) is 11.6. The van der Waals surface area contributed by atoms with Crippen LogP contribution in [0.1, 0.15) is 52.7 Å². The van der Waals surface area contributed by atoms with Crippen LogP contribution in [0.2, 0.25) is 0 Å². The maximum Gasteiger partial charge on any atom is 0.148 e. The van der Waals surface area contributed by atoms with Gasteiger partial charge in [-0.05, 0) is 63.9 Å². The summed E-state index contributed by atoms with van der Waals surface area (Å²) in [5, 5.41) is 11.1. The minimum atomic E-state index is -0.147. The molecular formula is C44H40N3OPt-. The fourth-order valence-electron chi connectivity index (χ4n) is 6.19. The van der Waals surface area contributed by atoms with Gasteiger partial charge in [0.2, 0.25) is 0 Å². The van der Waals surface area contributed by atoms with Crippen molar-refractivity contribution in [2.75, 3.05) is 0 Å². The van der Waals surface area contributed by atoms with Crippen molar-refractivity contribution in [2.24, 2.45) is 0 Å². The first-order valence-electron chi connectivity index (χ1n) is 16.5. The zero-order valence-electron chi connectivity index (χ0n) is 28.7. The number of phenolic OH excluding ortho intramolecular Hbond substituents is 1. The number of para-hydroxylation sites is 2. The van der Waals surface area contributed by atoms with E-state index in [1.54, 1.807) is 6.07 Å². The molecule has 5 heteroatoms. The van der Waals surface area contributed by atoms with Gasteiger partial charge in [0.15, 0.2) is 0 Å². The fourth-order valence-corrected chi connectivity index (χ4v) is 6.19. The Bertz CT molecular complexity index is 2260. The van der Waals surface area contributed by atoms with E-state index in [1.165, 1.54) is 11.1 Å². The Balaban J connectivity index is 0.00000417. The van der Waals surface area contributed by atoms with Crippen LogP contribution in [0.25, 0.3) is 61.6 Å². The fraction of sp³-hybridized carbons (Fsp3) is 0.182. The third-order valence-electron chi connectivity index (χ3n) is 8.95. The molecule has 248 valence electrons. The SMILES string of the molecule is CC(C)(C)c1ccnc(-c2[c-]c(-c3cc(C(C)(C)C)cc4c3nc(-c3ccccc3O)n4-c3ccccc3)cc(-c3ccccc3)c2)c1.[Pt]. The first-order chi connectivity index (χ1) is 23.0. The van der Waals surface area contributed by atoms with E-state index in [9.17, 15) is 5.11 Å². The number of hydrogen-bond donors (Lipinski definition) is 1. The third-order valence-corrected chi connectivity index (χ3v) is 8.95. The molecule has 0 radical (unpaired) electrons. The monoisotopic (exact) mass is 821 g/mol. The number of hydrogen-bond acceptors (Lipinski definition) is 3. The Hall–Kier alpha value is -4.79. The number of aromatic hydroxyl groups is 1. The van der Waals surface area contributed by atoms with Crippen LogP contribution < -0.4 is 0 Å². The second-order valence-corrected chi connectivity index (χ2v) is 14.5. The molecular weight excluding hydrogens is 782 g/mol. The zero-order valence-corrected chi connectivity index (χ0v) is 31.0.